The van der Waals surface area contributed by atoms with Crippen molar-refractivity contribution in [3.8, 4) is 11.8 Å². The summed E-state index contributed by atoms with van der Waals surface area (Å²) in [5, 5.41) is 9.74. The first kappa shape index (κ1) is 32.5. The molecule has 2 saturated heterocycles. The number of ether oxygens (including phenoxy) is 1. The third-order valence-electron chi connectivity index (χ3n) is 9.29. The number of benzene rings is 3. The smallest absolute Gasteiger partial charge is 0.344 e. The normalized spacial score (nSPS) is 18.3. The van der Waals surface area contributed by atoms with E-state index < -0.39 is 21.8 Å². The number of hydrogen-bond acceptors (Lipinski definition) is 8. The molecule has 0 bridgehead atoms. The number of hydrogen-bond donors (Lipinski definition) is 0. The molecule has 3 heterocycles. The Balaban J connectivity index is 1.38. The van der Waals surface area contributed by atoms with Crippen molar-refractivity contribution >= 4 is 27.0 Å². The van der Waals surface area contributed by atoms with Crippen LogP contribution >= 0.6 is 0 Å². The van der Waals surface area contributed by atoms with Gasteiger partial charge in [-0.1, -0.05) is 37.3 Å². The fraction of sp³-hybridized carbons (Fsp3) is 0.400. The molecule has 2 unspecified atom stereocenters. The van der Waals surface area contributed by atoms with Crippen molar-refractivity contribution < 1.29 is 17.9 Å². The van der Waals surface area contributed by atoms with Gasteiger partial charge in [-0.2, -0.15) is 9.23 Å². The van der Waals surface area contributed by atoms with Crippen molar-refractivity contribution in [2.75, 3.05) is 59.5 Å². The van der Waals surface area contributed by atoms with Crippen LogP contribution in [0.25, 0.3) is 11.0 Å². The molecule has 6 rings (SSSR count). The van der Waals surface area contributed by atoms with E-state index in [2.05, 4.69) is 22.8 Å². The average Bonchev–Trinajstić information content (AvgIpc) is 3.68. The topological polar surface area (TPSA) is 121 Å². The van der Waals surface area contributed by atoms with Crippen LogP contribution in [0, 0.1) is 17.2 Å². The number of nitriles is 1. The lowest BCUT2D eigenvalue weighted by atomic mass is 10.0. The summed E-state index contributed by atoms with van der Waals surface area (Å²) in [4.78, 5) is 35.6. The van der Waals surface area contributed by atoms with Crippen molar-refractivity contribution in [3.63, 3.8) is 0 Å². The van der Waals surface area contributed by atoms with Gasteiger partial charge in [0, 0.05) is 45.8 Å². The first-order valence-corrected chi connectivity index (χ1v) is 17.5. The minimum atomic E-state index is -4.40. The molecule has 2 aliphatic heterocycles. The molecule has 0 N–H and O–H groups in total. The molecule has 0 spiro atoms. The van der Waals surface area contributed by atoms with E-state index in [4.69, 9.17) is 4.74 Å². The number of piperazine rings is 1. The number of fused-ring (bicyclic) bond motifs is 1. The number of likely N-dealkylation sites (tertiary alicyclic amines) is 1. The Morgan fingerprint density at radius 3 is 2.32 bits per heavy atom. The van der Waals surface area contributed by atoms with Gasteiger partial charge >= 0.3 is 5.69 Å². The van der Waals surface area contributed by atoms with E-state index in [1.54, 1.807) is 29.2 Å². The highest BCUT2D eigenvalue weighted by atomic mass is 32.2. The summed E-state index contributed by atoms with van der Waals surface area (Å²) in [5.41, 5.74) is 0.186. The molecule has 2 aliphatic rings. The maximum absolute atomic E-state index is 14.6. The number of methoxy groups -OCH3 is 1. The molecule has 2 atom stereocenters. The maximum Gasteiger partial charge on any atom is 0.344 e. The van der Waals surface area contributed by atoms with Crippen LogP contribution in [0.1, 0.15) is 36.9 Å². The van der Waals surface area contributed by atoms with E-state index in [9.17, 15) is 23.3 Å². The number of rotatable bonds is 10. The predicted octanol–water partition coefficient (Wildman–Crippen LogP) is 3.39. The lowest BCUT2D eigenvalue weighted by molar-refractivity contribution is -0.132. The third kappa shape index (κ3) is 6.43. The van der Waals surface area contributed by atoms with Gasteiger partial charge < -0.3 is 19.4 Å². The molecule has 0 saturated carbocycles. The number of amides is 1. The van der Waals surface area contributed by atoms with Crippen molar-refractivity contribution in [1.82, 2.24) is 23.2 Å². The molecular weight excluding hydrogens is 616 g/mol. The van der Waals surface area contributed by atoms with E-state index in [1.807, 2.05) is 6.07 Å². The fourth-order valence-corrected chi connectivity index (χ4v) is 8.26. The number of aromatic nitrogens is 2. The first-order valence-electron chi connectivity index (χ1n) is 16.1. The zero-order valence-corrected chi connectivity index (χ0v) is 27.6. The van der Waals surface area contributed by atoms with E-state index >= 15 is 0 Å². The zero-order valence-electron chi connectivity index (χ0n) is 26.8. The van der Waals surface area contributed by atoms with E-state index in [1.165, 1.54) is 54.1 Å². The molecule has 1 aromatic heterocycles. The summed E-state index contributed by atoms with van der Waals surface area (Å²) < 4.78 is 35.3. The zero-order chi connectivity index (χ0) is 33.1. The van der Waals surface area contributed by atoms with Crippen LogP contribution in [0.5, 0.6) is 5.75 Å². The molecule has 11 nitrogen and oxygen atoms in total. The van der Waals surface area contributed by atoms with Crippen LogP contribution in [0.3, 0.4) is 0 Å². The third-order valence-corrected chi connectivity index (χ3v) is 11.0. The van der Waals surface area contributed by atoms with Gasteiger partial charge in [0.1, 0.15) is 11.8 Å². The number of carbonyl (C=O) groups excluding carboxylic acids is 1. The number of nitrogens with zero attached hydrogens (tertiary/aromatic N) is 6. The Bertz CT molecular complexity index is 1940. The molecule has 0 aliphatic carbocycles. The highest BCUT2D eigenvalue weighted by Crippen LogP contribution is 2.30. The molecule has 246 valence electrons. The first-order chi connectivity index (χ1) is 22.7. The SMILES string of the molecule is CCCN1CCN(CC2CCN(C(=O)C(c3ccccc3)n3c(=O)n(S(=O)(=O)c4ccc(OC)cc4)c4ccc(C#N)cc43)C2)CC1. The van der Waals surface area contributed by atoms with Gasteiger partial charge in [0.2, 0.25) is 5.91 Å². The summed E-state index contributed by atoms with van der Waals surface area (Å²) in [6.45, 7) is 9.45. The highest BCUT2D eigenvalue weighted by molar-refractivity contribution is 7.90. The van der Waals surface area contributed by atoms with Crippen LogP contribution in [0.15, 0.2) is 82.5 Å². The predicted molar refractivity (Wildman–Crippen MR) is 179 cm³/mol. The van der Waals surface area contributed by atoms with Gasteiger partial charge in [-0.25, -0.2) is 13.2 Å². The van der Waals surface area contributed by atoms with Crippen LogP contribution in [-0.2, 0) is 14.8 Å². The molecule has 47 heavy (non-hydrogen) atoms. The lowest BCUT2D eigenvalue weighted by Gasteiger charge is -2.35. The molecule has 0 radical (unpaired) electrons. The summed E-state index contributed by atoms with van der Waals surface area (Å²) >= 11 is 0. The largest absolute Gasteiger partial charge is 0.497 e. The van der Waals surface area contributed by atoms with Gasteiger partial charge in [-0.05, 0) is 73.3 Å². The Kier molecular flexibility index (Phi) is 9.50. The average molecular weight is 657 g/mol. The van der Waals surface area contributed by atoms with Crippen molar-refractivity contribution in [2.45, 2.75) is 30.7 Å². The number of imidazole rings is 1. The highest BCUT2D eigenvalue weighted by Gasteiger charge is 2.37. The van der Waals surface area contributed by atoms with Crippen molar-refractivity contribution in [3.05, 3.63) is 94.4 Å². The minimum Gasteiger partial charge on any atom is -0.497 e. The van der Waals surface area contributed by atoms with E-state index in [-0.39, 0.29) is 27.4 Å². The minimum absolute atomic E-state index is 0.0834. The lowest BCUT2D eigenvalue weighted by Crippen LogP contribution is -2.48. The summed E-state index contributed by atoms with van der Waals surface area (Å²) in [5.74, 6) is 0.485. The van der Waals surface area contributed by atoms with Gasteiger partial charge in [0.15, 0.2) is 0 Å². The van der Waals surface area contributed by atoms with Crippen molar-refractivity contribution in [2.24, 2.45) is 5.92 Å². The Hall–Kier alpha value is -4.44. The van der Waals surface area contributed by atoms with Gasteiger partial charge in [0.05, 0.1) is 34.7 Å². The Morgan fingerprint density at radius 1 is 0.957 bits per heavy atom. The Labute approximate surface area is 275 Å². The maximum atomic E-state index is 14.6. The summed E-state index contributed by atoms with van der Waals surface area (Å²) in [7, 11) is -2.92. The van der Waals surface area contributed by atoms with Gasteiger partial charge in [0.25, 0.3) is 10.0 Å². The summed E-state index contributed by atoms with van der Waals surface area (Å²) in [6, 6.07) is 20.1. The second kappa shape index (κ2) is 13.7. The molecule has 3 aromatic carbocycles. The van der Waals surface area contributed by atoms with Crippen LogP contribution in [0.2, 0.25) is 0 Å². The van der Waals surface area contributed by atoms with Crippen LogP contribution in [0.4, 0.5) is 0 Å². The Morgan fingerprint density at radius 2 is 1.66 bits per heavy atom. The quantitative estimate of drug-likeness (QED) is 0.255. The van der Waals surface area contributed by atoms with Gasteiger partial charge in [-0.3, -0.25) is 9.36 Å². The standard InChI is InChI=1S/C35H40N6O5S/c1-3-16-37-18-20-38(21-19-37)24-27-15-17-39(25-27)34(42)33(28-7-5-4-6-8-28)40-32-22-26(23-36)9-14-31(32)41(35(40)43)47(44,45)30-12-10-29(46-2)11-13-30/h4-14,22,27,33H,3,15-21,24-25H2,1-2H3. The molecule has 1 amide bonds. The molecule has 2 fully saturated rings. The monoisotopic (exact) mass is 656 g/mol. The molecule has 12 heteroatoms. The van der Waals surface area contributed by atoms with E-state index in [0.29, 0.717) is 30.3 Å². The fourth-order valence-electron chi connectivity index (χ4n) is 6.87. The van der Waals surface area contributed by atoms with Gasteiger partial charge in [-0.15, -0.1) is 0 Å². The second-order valence-electron chi connectivity index (χ2n) is 12.3. The molecular formula is C35H40N6O5S. The van der Waals surface area contributed by atoms with E-state index in [0.717, 1.165) is 56.1 Å². The molecule has 4 aromatic rings. The second-order valence-corrected chi connectivity index (χ2v) is 14.1. The van der Waals surface area contributed by atoms with Crippen molar-refractivity contribution in [1.29, 1.82) is 5.26 Å². The van der Waals surface area contributed by atoms with Crippen LogP contribution in [-0.4, -0.2) is 97.0 Å². The summed E-state index contributed by atoms with van der Waals surface area (Å²) in [6.07, 6.45) is 2.00. The van der Waals surface area contributed by atoms with Crippen LogP contribution < -0.4 is 10.4 Å². The number of carbonyl (C=O) groups is 1.